The summed E-state index contributed by atoms with van der Waals surface area (Å²) in [4.78, 5) is 12.3. The van der Waals surface area contributed by atoms with E-state index in [1.165, 1.54) is 11.9 Å². The third kappa shape index (κ3) is 7.62. The Morgan fingerprint density at radius 3 is 2.63 bits per heavy atom. The number of alkyl halides is 3. The molecule has 0 unspecified atom stereocenters. The van der Waals surface area contributed by atoms with Gasteiger partial charge in [-0.15, -0.1) is 0 Å². The number of piperidine rings is 1. The second-order valence-corrected chi connectivity index (χ2v) is 6.89. The van der Waals surface area contributed by atoms with Gasteiger partial charge in [0.2, 0.25) is 0 Å². The lowest BCUT2D eigenvalue weighted by atomic mass is 10.1. The molecule has 1 fully saturated rings. The van der Waals surface area contributed by atoms with Crippen molar-refractivity contribution in [3.63, 3.8) is 0 Å². The number of rotatable bonds is 6. The fourth-order valence-electron chi connectivity index (χ4n) is 3.10. The van der Waals surface area contributed by atoms with Crippen LogP contribution in [0.5, 0.6) is 0 Å². The molecule has 0 bridgehead atoms. The smallest absolute Gasteiger partial charge is 0.356 e. The zero-order chi connectivity index (χ0) is 19.9. The van der Waals surface area contributed by atoms with Gasteiger partial charge in [-0.25, -0.2) is 4.98 Å². The van der Waals surface area contributed by atoms with Crippen molar-refractivity contribution in [3.05, 3.63) is 23.9 Å². The summed E-state index contributed by atoms with van der Waals surface area (Å²) in [5.41, 5.74) is 1.01. The number of aliphatic imine (C=N–C) groups is 1. The zero-order valence-corrected chi connectivity index (χ0v) is 16.2. The molecule has 1 aromatic heterocycles. The summed E-state index contributed by atoms with van der Waals surface area (Å²) in [6, 6.07) is 6.31. The van der Waals surface area contributed by atoms with E-state index in [4.69, 9.17) is 0 Å². The second kappa shape index (κ2) is 9.77. The number of pyridine rings is 1. The number of aryl methyl sites for hydroxylation is 1. The molecular formula is C18H29F3N6. The first-order valence-corrected chi connectivity index (χ1v) is 9.18. The summed E-state index contributed by atoms with van der Waals surface area (Å²) in [5, 5.41) is 6.45. The molecule has 27 heavy (non-hydrogen) atoms. The first-order chi connectivity index (χ1) is 12.8. The largest absolute Gasteiger partial charge is 0.401 e. The van der Waals surface area contributed by atoms with Crippen LogP contribution < -0.4 is 15.5 Å². The SMILES string of the molecule is CN=C(NCCN(C)CC(F)(F)F)NC1CCN(c2cccc(C)n2)CC1. The molecule has 0 atom stereocenters. The van der Waals surface area contributed by atoms with Gasteiger partial charge in [0.05, 0.1) is 6.54 Å². The highest BCUT2D eigenvalue weighted by Gasteiger charge is 2.28. The average molecular weight is 386 g/mol. The molecule has 1 aliphatic rings. The Balaban J connectivity index is 1.71. The predicted octanol–water partition coefficient (Wildman–Crippen LogP) is 2.02. The van der Waals surface area contributed by atoms with Crippen LogP contribution in [-0.4, -0.2) is 74.9 Å². The van der Waals surface area contributed by atoms with Crippen LogP contribution in [0.25, 0.3) is 0 Å². The first-order valence-electron chi connectivity index (χ1n) is 9.18. The second-order valence-electron chi connectivity index (χ2n) is 6.89. The molecule has 0 aliphatic carbocycles. The molecule has 2 N–H and O–H groups in total. The number of halogens is 3. The van der Waals surface area contributed by atoms with Gasteiger partial charge in [-0.1, -0.05) is 6.07 Å². The molecule has 2 heterocycles. The number of nitrogens with zero attached hydrogens (tertiary/aromatic N) is 4. The van der Waals surface area contributed by atoms with Gasteiger partial charge < -0.3 is 15.5 Å². The molecule has 0 radical (unpaired) electrons. The highest BCUT2D eigenvalue weighted by molar-refractivity contribution is 5.80. The third-order valence-electron chi connectivity index (χ3n) is 4.49. The topological polar surface area (TPSA) is 55.8 Å². The summed E-state index contributed by atoms with van der Waals surface area (Å²) >= 11 is 0. The summed E-state index contributed by atoms with van der Waals surface area (Å²) in [6.45, 7) is 3.57. The van der Waals surface area contributed by atoms with Gasteiger partial charge in [0.15, 0.2) is 5.96 Å². The normalized spacial score (nSPS) is 16.7. The van der Waals surface area contributed by atoms with Gasteiger partial charge in [-0.2, -0.15) is 13.2 Å². The van der Waals surface area contributed by atoms with Crippen LogP contribution in [0.3, 0.4) is 0 Å². The van der Waals surface area contributed by atoms with Gasteiger partial charge in [-0.05, 0) is 38.9 Å². The molecule has 0 saturated carbocycles. The van der Waals surface area contributed by atoms with Crippen molar-refractivity contribution in [2.24, 2.45) is 4.99 Å². The maximum Gasteiger partial charge on any atom is 0.401 e. The predicted molar refractivity (Wildman–Crippen MR) is 102 cm³/mol. The minimum atomic E-state index is -4.17. The molecule has 152 valence electrons. The summed E-state index contributed by atoms with van der Waals surface area (Å²) in [5.74, 6) is 1.63. The Morgan fingerprint density at radius 2 is 2.04 bits per heavy atom. The van der Waals surface area contributed by atoms with Crippen molar-refractivity contribution < 1.29 is 13.2 Å². The van der Waals surface area contributed by atoms with Crippen molar-refractivity contribution in [2.75, 3.05) is 51.7 Å². The molecule has 1 saturated heterocycles. The fourth-order valence-corrected chi connectivity index (χ4v) is 3.10. The number of hydrogen-bond donors (Lipinski definition) is 2. The Hall–Kier alpha value is -2.03. The van der Waals surface area contributed by atoms with E-state index in [2.05, 4.69) is 25.5 Å². The molecule has 0 spiro atoms. The summed E-state index contributed by atoms with van der Waals surface area (Å²) < 4.78 is 37.0. The standard InChI is InChI=1S/C18H29F3N6/c1-14-5-4-6-16(24-14)27-10-7-15(8-11-27)25-17(22-2)23-9-12-26(3)13-18(19,20)21/h4-6,15H,7-13H2,1-3H3,(H2,22,23,25). The maximum absolute atomic E-state index is 12.3. The first kappa shape index (κ1) is 21.3. The molecule has 9 heteroatoms. The minimum absolute atomic E-state index is 0.283. The quantitative estimate of drug-likeness (QED) is 0.579. The molecule has 6 nitrogen and oxygen atoms in total. The van der Waals surface area contributed by atoms with Crippen molar-refractivity contribution in [2.45, 2.75) is 32.0 Å². The summed E-state index contributed by atoms with van der Waals surface area (Å²) in [6.07, 6.45) is -2.27. The van der Waals surface area contributed by atoms with Crippen LogP contribution >= 0.6 is 0 Å². The Bertz CT molecular complexity index is 611. The highest BCUT2D eigenvalue weighted by atomic mass is 19.4. The van der Waals surface area contributed by atoms with E-state index in [0.717, 1.165) is 37.4 Å². The van der Waals surface area contributed by atoms with Crippen molar-refractivity contribution in [1.29, 1.82) is 0 Å². The van der Waals surface area contributed by atoms with Gasteiger partial charge in [0.1, 0.15) is 5.82 Å². The van der Waals surface area contributed by atoms with E-state index >= 15 is 0 Å². The van der Waals surface area contributed by atoms with Gasteiger partial charge in [0.25, 0.3) is 0 Å². The summed E-state index contributed by atoms with van der Waals surface area (Å²) in [7, 11) is 3.13. The van der Waals surface area contributed by atoms with E-state index in [1.807, 2.05) is 25.1 Å². The van der Waals surface area contributed by atoms with Crippen molar-refractivity contribution in [1.82, 2.24) is 20.5 Å². The molecule has 1 aromatic rings. The minimum Gasteiger partial charge on any atom is -0.356 e. The van der Waals surface area contributed by atoms with E-state index in [9.17, 15) is 13.2 Å². The molecule has 2 rings (SSSR count). The Labute approximate surface area is 158 Å². The molecule has 0 amide bonds. The maximum atomic E-state index is 12.3. The van der Waals surface area contributed by atoms with E-state index in [1.54, 1.807) is 7.05 Å². The lowest BCUT2D eigenvalue weighted by Crippen LogP contribution is -2.50. The van der Waals surface area contributed by atoms with Crippen LogP contribution in [0.4, 0.5) is 19.0 Å². The fraction of sp³-hybridized carbons (Fsp3) is 0.667. The van der Waals surface area contributed by atoms with Crippen molar-refractivity contribution in [3.8, 4) is 0 Å². The monoisotopic (exact) mass is 386 g/mol. The van der Waals surface area contributed by atoms with E-state index < -0.39 is 12.7 Å². The van der Waals surface area contributed by atoms with E-state index in [-0.39, 0.29) is 12.6 Å². The van der Waals surface area contributed by atoms with Crippen molar-refractivity contribution >= 4 is 11.8 Å². The number of aromatic nitrogens is 1. The van der Waals surface area contributed by atoms with E-state index in [0.29, 0.717) is 12.5 Å². The van der Waals surface area contributed by atoms with Crippen LogP contribution in [0.2, 0.25) is 0 Å². The van der Waals surface area contributed by atoms with Crippen LogP contribution in [0, 0.1) is 6.92 Å². The van der Waals surface area contributed by atoms with Gasteiger partial charge in [-0.3, -0.25) is 9.89 Å². The number of nitrogens with one attached hydrogen (secondary N) is 2. The number of guanidine groups is 1. The lowest BCUT2D eigenvalue weighted by Gasteiger charge is -2.34. The van der Waals surface area contributed by atoms with Gasteiger partial charge >= 0.3 is 6.18 Å². The Morgan fingerprint density at radius 1 is 1.33 bits per heavy atom. The van der Waals surface area contributed by atoms with Gasteiger partial charge in [0, 0.05) is 45.0 Å². The lowest BCUT2D eigenvalue weighted by molar-refractivity contribution is -0.142. The molecular weight excluding hydrogens is 357 g/mol. The number of hydrogen-bond acceptors (Lipinski definition) is 4. The van der Waals surface area contributed by atoms with Crippen LogP contribution in [0.1, 0.15) is 18.5 Å². The number of anilines is 1. The average Bonchev–Trinajstić information content (AvgIpc) is 2.60. The highest BCUT2D eigenvalue weighted by Crippen LogP contribution is 2.18. The Kier molecular flexibility index (Phi) is 7.70. The molecule has 1 aliphatic heterocycles. The number of likely N-dealkylation sites (N-methyl/N-ethyl adjacent to an activating group) is 1. The van der Waals surface area contributed by atoms with Crippen LogP contribution in [-0.2, 0) is 0 Å². The zero-order valence-electron chi connectivity index (χ0n) is 16.2. The molecule has 0 aromatic carbocycles. The third-order valence-corrected chi connectivity index (χ3v) is 4.49. The van der Waals surface area contributed by atoms with Crippen LogP contribution in [0.15, 0.2) is 23.2 Å².